The molecule has 1 rings (SSSR count). The van der Waals surface area contributed by atoms with Gasteiger partial charge in [-0.15, -0.1) is 11.6 Å². The van der Waals surface area contributed by atoms with Gasteiger partial charge in [-0.1, -0.05) is 0 Å². The second-order valence-corrected chi connectivity index (χ2v) is 3.63. The Morgan fingerprint density at radius 3 is 2.69 bits per heavy atom. The van der Waals surface area contributed by atoms with Crippen molar-refractivity contribution in [2.45, 2.75) is 25.3 Å². The maximum absolute atomic E-state index is 11.3. The molecule has 1 heterocycles. The first-order chi connectivity index (χ1) is 6.02. The number of alkyl halides is 1. The molecule has 0 aliphatic carbocycles. The molecule has 1 saturated heterocycles. The van der Waals surface area contributed by atoms with Gasteiger partial charge in [-0.05, 0) is 19.8 Å². The second-order valence-electron chi connectivity index (χ2n) is 3.36. The second kappa shape index (κ2) is 3.54. The van der Waals surface area contributed by atoms with Gasteiger partial charge in [0, 0.05) is 6.54 Å². The molecule has 1 fully saturated rings. The van der Waals surface area contributed by atoms with Crippen molar-refractivity contribution in [2.24, 2.45) is 0 Å². The minimum atomic E-state index is -1.05. The van der Waals surface area contributed by atoms with E-state index in [4.69, 9.17) is 16.7 Å². The normalized spacial score (nSPS) is 27.7. The highest BCUT2D eigenvalue weighted by Crippen LogP contribution is 2.29. The summed E-state index contributed by atoms with van der Waals surface area (Å²) in [6.45, 7) is 2.06. The molecule has 1 N–H and O–H groups in total. The third-order valence-corrected chi connectivity index (χ3v) is 2.75. The number of rotatable bonds is 2. The van der Waals surface area contributed by atoms with E-state index in [0.29, 0.717) is 13.0 Å². The highest BCUT2D eigenvalue weighted by atomic mass is 35.5. The number of carbonyl (C=O) groups excluding carboxylic acids is 1. The van der Waals surface area contributed by atoms with Gasteiger partial charge in [-0.3, -0.25) is 4.79 Å². The summed E-state index contributed by atoms with van der Waals surface area (Å²) < 4.78 is 0. The van der Waals surface area contributed by atoms with Crippen LogP contribution in [0.1, 0.15) is 19.8 Å². The zero-order valence-corrected chi connectivity index (χ0v) is 8.17. The molecular formula is C8H12ClNO3. The van der Waals surface area contributed by atoms with Crippen molar-refractivity contribution in [1.29, 1.82) is 0 Å². The average Bonchev–Trinajstić information content (AvgIpc) is 2.47. The van der Waals surface area contributed by atoms with Crippen LogP contribution in [-0.4, -0.2) is 39.8 Å². The van der Waals surface area contributed by atoms with Crippen LogP contribution in [-0.2, 0) is 9.59 Å². The van der Waals surface area contributed by atoms with E-state index in [9.17, 15) is 9.59 Å². The van der Waals surface area contributed by atoms with Crippen LogP contribution < -0.4 is 0 Å². The maximum Gasteiger partial charge on any atom is 0.329 e. The van der Waals surface area contributed by atoms with Crippen molar-refractivity contribution in [1.82, 2.24) is 4.90 Å². The van der Waals surface area contributed by atoms with E-state index in [2.05, 4.69) is 0 Å². The van der Waals surface area contributed by atoms with Gasteiger partial charge in [0.05, 0.1) is 0 Å². The van der Waals surface area contributed by atoms with Crippen LogP contribution in [0.4, 0.5) is 0 Å². The topological polar surface area (TPSA) is 57.6 Å². The highest BCUT2D eigenvalue weighted by Gasteiger charge is 2.45. The Hall–Kier alpha value is -0.770. The van der Waals surface area contributed by atoms with Crippen molar-refractivity contribution in [2.75, 3.05) is 12.4 Å². The Labute approximate surface area is 81.5 Å². The summed E-state index contributed by atoms with van der Waals surface area (Å²) in [6, 6.07) is 0. The van der Waals surface area contributed by atoms with E-state index in [0.717, 1.165) is 6.42 Å². The molecule has 1 amide bonds. The van der Waals surface area contributed by atoms with Gasteiger partial charge in [-0.25, -0.2) is 4.79 Å². The van der Waals surface area contributed by atoms with Gasteiger partial charge in [0.25, 0.3) is 0 Å². The summed E-state index contributed by atoms with van der Waals surface area (Å²) >= 11 is 5.38. The minimum Gasteiger partial charge on any atom is -0.480 e. The van der Waals surface area contributed by atoms with Gasteiger partial charge < -0.3 is 10.0 Å². The molecule has 0 unspecified atom stereocenters. The number of amides is 1. The molecule has 1 atom stereocenters. The smallest absolute Gasteiger partial charge is 0.329 e. The molecule has 13 heavy (non-hydrogen) atoms. The molecule has 74 valence electrons. The number of likely N-dealkylation sites (tertiary alicyclic amines) is 1. The highest BCUT2D eigenvalue weighted by molar-refractivity contribution is 6.27. The molecule has 0 saturated carbocycles. The molecule has 0 spiro atoms. The van der Waals surface area contributed by atoms with Crippen molar-refractivity contribution in [3.63, 3.8) is 0 Å². The van der Waals surface area contributed by atoms with Gasteiger partial charge in [0.15, 0.2) is 0 Å². The van der Waals surface area contributed by atoms with E-state index < -0.39 is 11.5 Å². The Bertz CT molecular complexity index is 244. The van der Waals surface area contributed by atoms with Crippen molar-refractivity contribution < 1.29 is 14.7 Å². The first-order valence-electron chi connectivity index (χ1n) is 4.12. The molecule has 0 aromatic carbocycles. The SMILES string of the molecule is C[C@]1(C(=O)O)CCCN1C(=O)CCl. The van der Waals surface area contributed by atoms with Gasteiger partial charge in [0.1, 0.15) is 11.4 Å². The van der Waals surface area contributed by atoms with Gasteiger partial charge in [-0.2, -0.15) is 0 Å². The molecular weight excluding hydrogens is 194 g/mol. The fraction of sp³-hybridized carbons (Fsp3) is 0.750. The van der Waals surface area contributed by atoms with Crippen LogP contribution >= 0.6 is 11.6 Å². The van der Waals surface area contributed by atoms with E-state index in [1.165, 1.54) is 4.90 Å². The fourth-order valence-electron chi connectivity index (χ4n) is 1.66. The molecule has 0 radical (unpaired) electrons. The number of carbonyl (C=O) groups is 2. The summed E-state index contributed by atoms with van der Waals surface area (Å²) in [7, 11) is 0. The van der Waals surface area contributed by atoms with Crippen LogP contribution in [0.5, 0.6) is 0 Å². The Kier molecular flexibility index (Phi) is 2.81. The predicted molar refractivity (Wildman–Crippen MR) is 47.7 cm³/mol. The largest absolute Gasteiger partial charge is 0.480 e. The zero-order chi connectivity index (χ0) is 10.1. The van der Waals surface area contributed by atoms with E-state index in [-0.39, 0.29) is 11.8 Å². The zero-order valence-electron chi connectivity index (χ0n) is 7.42. The van der Waals surface area contributed by atoms with E-state index in [1.54, 1.807) is 6.92 Å². The number of carboxylic acid groups (broad SMARTS) is 1. The quantitative estimate of drug-likeness (QED) is 0.675. The molecule has 0 bridgehead atoms. The summed E-state index contributed by atoms with van der Waals surface area (Å²) in [5, 5.41) is 8.95. The lowest BCUT2D eigenvalue weighted by Gasteiger charge is -2.30. The molecule has 0 aromatic heterocycles. The van der Waals surface area contributed by atoms with Crippen LogP contribution in [0.2, 0.25) is 0 Å². The number of carboxylic acids is 1. The van der Waals surface area contributed by atoms with Crippen molar-refractivity contribution in [3.05, 3.63) is 0 Å². The standard InChI is InChI=1S/C8H12ClNO3/c1-8(7(12)13)3-2-4-10(8)6(11)5-9/h2-5H2,1H3,(H,12,13)/t8-/m1/s1. The Morgan fingerprint density at radius 2 is 2.23 bits per heavy atom. The molecule has 0 aromatic rings. The Morgan fingerprint density at radius 1 is 1.62 bits per heavy atom. The minimum absolute atomic E-state index is 0.150. The molecule has 1 aliphatic rings. The summed E-state index contributed by atoms with van der Waals surface area (Å²) in [5.41, 5.74) is -1.05. The van der Waals surface area contributed by atoms with E-state index >= 15 is 0 Å². The predicted octanol–water partition coefficient (Wildman–Crippen LogP) is 0.691. The average molecular weight is 206 g/mol. The number of hydrogen-bond acceptors (Lipinski definition) is 2. The van der Waals surface area contributed by atoms with Gasteiger partial charge in [0.2, 0.25) is 5.91 Å². The fourth-order valence-corrected chi connectivity index (χ4v) is 1.80. The summed E-state index contributed by atoms with van der Waals surface area (Å²) in [4.78, 5) is 23.5. The van der Waals surface area contributed by atoms with Crippen LogP contribution in [0.3, 0.4) is 0 Å². The lowest BCUT2D eigenvalue weighted by Crippen LogP contribution is -2.51. The lowest BCUT2D eigenvalue weighted by molar-refractivity contribution is -0.154. The number of aliphatic carboxylic acids is 1. The van der Waals surface area contributed by atoms with Crippen LogP contribution in [0, 0.1) is 0 Å². The van der Waals surface area contributed by atoms with Crippen molar-refractivity contribution in [3.8, 4) is 0 Å². The first kappa shape index (κ1) is 10.3. The molecule has 4 nitrogen and oxygen atoms in total. The third-order valence-electron chi connectivity index (χ3n) is 2.52. The number of nitrogens with zero attached hydrogens (tertiary/aromatic N) is 1. The maximum atomic E-state index is 11.3. The molecule has 5 heteroatoms. The van der Waals surface area contributed by atoms with Gasteiger partial charge >= 0.3 is 5.97 Å². The van der Waals surface area contributed by atoms with Crippen LogP contribution in [0.15, 0.2) is 0 Å². The Balaban J connectivity index is 2.85. The summed E-state index contributed by atoms with van der Waals surface area (Å²) in [6.07, 6.45) is 1.23. The monoisotopic (exact) mass is 205 g/mol. The van der Waals surface area contributed by atoms with Crippen LogP contribution in [0.25, 0.3) is 0 Å². The first-order valence-corrected chi connectivity index (χ1v) is 4.65. The van der Waals surface area contributed by atoms with E-state index in [1.807, 2.05) is 0 Å². The number of hydrogen-bond donors (Lipinski definition) is 1. The summed E-state index contributed by atoms with van der Waals surface area (Å²) in [5.74, 6) is -1.41. The van der Waals surface area contributed by atoms with Crippen molar-refractivity contribution >= 4 is 23.5 Å². The number of halogens is 1. The lowest BCUT2D eigenvalue weighted by atomic mass is 9.99. The molecule has 1 aliphatic heterocycles. The third kappa shape index (κ3) is 1.63.